The van der Waals surface area contributed by atoms with Crippen LogP contribution in [0.25, 0.3) is 5.57 Å². The Morgan fingerprint density at radius 1 is 1.14 bits per heavy atom. The van der Waals surface area contributed by atoms with Crippen molar-refractivity contribution in [2.75, 3.05) is 6.54 Å². The molecule has 0 spiro atoms. The fourth-order valence-corrected chi connectivity index (χ4v) is 2.32. The third-order valence-electron chi connectivity index (χ3n) is 3.39. The lowest BCUT2D eigenvalue weighted by Gasteiger charge is -2.13. The van der Waals surface area contributed by atoms with E-state index in [1.807, 2.05) is 20.8 Å². The molecular formula is C17H21NO4. The Kier molecular flexibility index (Phi) is 4.85. The molecule has 0 fully saturated rings. The number of carbonyl (C=O) groups excluding carboxylic acids is 2. The molecule has 2 rings (SSSR count). The number of carbonyl (C=O) groups is 2. The fraction of sp³-hybridized carbons (Fsp3) is 0.412. The molecule has 0 radical (unpaired) electrons. The van der Waals surface area contributed by atoms with Gasteiger partial charge in [0, 0.05) is 6.54 Å². The van der Waals surface area contributed by atoms with Crippen LogP contribution in [0.5, 0.6) is 5.75 Å². The summed E-state index contributed by atoms with van der Waals surface area (Å²) in [6.45, 7) is 6.16. The molecule has 2 amide bonds. The SMILES string of the molecule is CCCCN1C(=O)C(O)=C(c2ccc(OC(C)C)cc2)C1=O. The van der Waals surface area contributed by atoms with Gasteiger partial charge >= 0.3 is 0 Å². The third-order valence-corrected chi connectivity index (χ3v) is 3.39. The molecule has 1 aromatic carbocycles. The van der Waals surface area contributed by atoms with Gasteiger partial charge in [0.25, 0.3) is 11.8 Å². The summed E-state index contributed by atoms with van der Waals surface area (Å²) in [6.07, 6.45) is 1.64. The monoisotopic (exact) mass is 303 g/mol. The number of hydrogen-bond donors (Lipinski definition) is 1. The second-order valence-electron chi connectivity index (χ2n) is 5.53. The number of aliphatic hydroxyl groups excluding tert-OH is 1. The molecule has 0 atom stereocenters. The lowest BCUT2D eigenvalue weighted by molar-refractivity contribution is -0.138. The van der Waals surface area contributed by atoms with E-state index in [-0.39, 0.29) is 11.7 Å². The van der Waals surface area contributed by atoms with Gasteiger partial charge in [0.15, 0.2) is 5.76 Å². The van der Waals surface area contributed by atoms with Gasteiger partial charge in [-0.2, -0.15) is 0 Å². The van der Waals surface area contributed by atoms with E-state index in [1.165, 1.54) is 0 Å². The molecule has 0 unspecified atom stereocenters. The predicted octanol–water partition coefficient (Wildman–Crippen LogP) is 2.91. The lowest BCUT2D eigenvalue weighted by Crippen LogP contribution is -2.32. The van der Waals surface area contributed by atoms with Crippen LogP contribution in [0.4, 0.5) is 0 Å². The van der Waals surface area contributed by atoms with E-state index < -0.39 is 17.6 Å². The number of rotatable bonds is 6. The molecule has 1 aliphatic heterocycles. The first-order chi connectivity index (χ1) is 10.5. The van der Waals surface area contributed by atoms with Gasteiger partial charge in [0.1, 0.15) is 5.75 Å². The highest BCUT2D eigenvalue weighted by Gasteiger charge is 2.38. The summed E-state index contributed by atoms with van der Waals surface area (Å²) in [5.41, 5.74) is 0.586. The summed E-state index contributed by atoms with van der Waals surface area (Å²) in [6, 6.07) is 6.81. The predicted molar refractivity (Wildman–Crippen MR) is 83.4 cm³/mol. The van der Waals surface area contributed by atoms with E-state index in [1.54, 1.807) is 24.3 Å². The molecule has 0 aromatic heterocycles. The number of ether oxygens (including phenoxy) is 1. The van der Waals surface area contributed by atoms with Crippen LogP contribution in [0.3, 0.4) is 0 Å². The van der Waals surface area contributed by atoms with Gasteiger partial charge < -0.3 is 9.84 Å². The summed E-state index contributed by atoms with van der Waals surface area (Å²) in [4.78, 5) is 25.4. The number of imide groups is 1. The van der Waals surface area contributed by atoms with E-state index >= 15 is 0 Å². The van der Waals surface area contributed by atoms with Crippen molar-refractivity contribution in [3.05, 3.63) is 35.6 Å². The van der Waals surface area contributed by atoms with Crippen molar-refractivity contribution in [3.8, 4) is 5.75 Å². The Morgan fingerprint density at radius 2 is 1.77 bits per heavy atom. The first-order valence-corrected chi connectivity index (χ1v) is 7.52. The van der Waals surface area contributed by atoms with Gasteiger partial charge in [-0.1, -0.05) is 25.5 Å². The van der Waals surface area contributed by atoms with E-state index in [4.69, 9.17) is 4.74 Å². The van der Waals surface area contributed by atoms with Crippen LogP contribution in [-0.2, 0) is 9.59 Å². The summed E-state index contributed by atoms with van der Waals surface area (Å²) >= 11 is 0. The summed E-state index contributed by atoms with van der Waals surface area (Å²) < 4.78 is 5.54. The number of nitrogens with zero attached hydrogens (tertiary/aromatic N) is 1. The maximum absolute atomic E-state index is 12.4. The van der Waals surface area contributed by atoms with Crippen molar-refractivity contribution in [1.29, 1.82) is 0 Å². The van der Waals surface area contributed by atoms with Gasteiger partial charge in [0.2, 0.25) is 0 Å². The molecule has 1 aromatic rings. The normalized spacial score (nSPS) is 15.2. The van der Waals surface area contributed by atoms with Crippen molar-refractivity contribution < 1.29 is 19.4 Å². The average Bonchev–Trinajstić information content (AvgIpc) is 2.68. The largest absolute Gasteiger partial charge is 0.502 e. The summed E-state index contributed by atoms with van der Waals surface area (Å²) in [7, 11) is 0. The fourth-order valence-electron chi connectivity index (χ4n) is 2.32. The zero-order valence-corrected chi connectivity index (χ0v) is 13.1. The van der Waals surface area contributed by atoms with Gasteiger partial charge in [-0.05, 0) is 38.0 Å². The van der Waals surface area contributed by atoms with Crippen LogP contribution in [-0.4, -0.2) is 34.5 Å². The number of benzene rings is 1. The van der Waals surface area contributed by atoms with E-state index in [2.05, 4.69) is 0 Å². The van der Waals surface area contributed by atoms with Crippen LogP contribution in [0, 0.1) is 0 Å². The molecule has 0 saturated carbocycles. The van der Waals surface area contributed by atoms with Crippen LogP contribution in [0.2, 0.25) is 0 Å². The van der Waals surface area contributed by atoms with Crippen molar-refractivity contribution in [3.63, 3.8) is 0 Å². The minimum atomic E-state index is -0.615. The Morgan fingerprint density at radius 3 is 2.32 bits per heavy atom. The second kappa shape index (κ2) is 6.64. The first-order valence-electron chi connectivity index (χ1n) is 7.52. The minimum absolute atomic E-state index is 0.0534. The highest BCUT2D eigenvalue weighted by Crippen LogP contribution is 2.29. The van der Waals surface area contributed by atoms with Gasteiger partial charge in [-0.3, -0.25) is 14.5 Å². The average molecular weight is 303 g/mol. The van der Waals surface area contributed by atoms with Crippen molar-refractivity contribution in [2.45, 2.75) is 39.7 Å². The van der Waals surface area contributed by atoms with Gasteiger partial charge in [0.05, 0.1) is 11.7 Å². The van der Waals surface area contributed by atoms with Gasteiger partial charge in [-0.15, -0.1) is 0 Å². The zero-order valence-electron chi connectivity index (χ0n) is 13.1. The van der Waals surface area contributed by atoms with E-state index in [0.717, 1.165) is 17.7 Å². The molecule has 118 valence electrons. The number of amides is 2. The molecule has 22 heavy (non-hydrogen) atoms. The first kappa shape index (κ1) is 16.1. The van der Waals surface area contributed by atoms with Crippen molar-refractivity contribution in [2.24, 2.45) is 0 Å². The minimum Gasteiger partial charge on any atom is -0.502 e. The molecule has 1 N–H and O–H groups in total. The molecule has 5 nitrogen and oxygen atoms in total. The molecule has 5 heteroatoms. The third kappa shape index (κ3) is 3.13. The van der Waals surface area contributed by atoms with E-state index in [0.29, 0.717) is 17.9 Å². The Balaban J connectivity index is 2.24. The number of unbranched alkanes of at least 4 members (excludes halogenated alkanes) is 1. The Labute approximate surface area is 130 Å². The molecule has 1 heterocycles. The van der Waals surface area contributed by atoms with Crippen molar-refractivity contribution in [1.82, 2.24) is 4.90 Å². The summed E-state index contributed by atoms with van der Waals surface area (Å²) in [5, 5.41) is 10.0. The zero-order chi connectivity index (χ0) is 16.3. The topological polar surface area (TPSA) is 66.8 Å². The smallest absolute Gasteiger partial charge is 0.296 e. The maximum atomic E-state index is 12.4. The maximum Gasteiger partial charge on any atom is 0.296 e. The standard InChI is InChI=1S/C17H21NO4/c1-4-5-10-18-16(20)14(15(19)17(18)21)12-6-8-13(9-7-12)22-11(2)3/h6-9,11,19H,4-5,10H2,1-3H3. The van der Waals surface area contributed by atoms with Crippen molar-refractivity contribution >= 4 is 17.4 Å². The molecule has 1 aliphatic rings. The van der Waals surface area contributed by atoms with Crippen LogP contribution in [0.1, 0.15) is 39.2 Å². The molecule has 0 saturated heterocycles. The number of aliphatic hydroxyl groups is 1. The van der Waals surface area contributed by atoms with E-state index in [9.17, 15) is 14.7 Å². The summed E-state index contributed by atoms with van der Waals surface area (Å²) in [5.74, 6) is -0.846. The Bertz CT molecular complexity index is 602. The number of hydrogen-bond acceptors (Lipinski definition) is 4. The van der Waals surface area contributed by atoms with Crippen LogP contribution < -0.4 is 4.74 Å². The van der Waals surface area contributed by atoms with Gasteiger partial charge in [-0.25, -0.2) is 0 Å². The highest BCUT2D eigenvalue weighted by atomic mass is 16.5. The highest BCUT2D eigenvalue weighted by molar-refractivity contribution is 6.34. The van der Waals surface area contributed by atoms with Crippen LogP contribution in [0.15, 0.2) is 30.0 Å². The van der Waals surface area contributed by atoms with Crippen LogP contribution >= 0.6 is 0 Å². The molecule has 0 aliphatic carbocycles. The quantitative estimate of drug-likeness (QED) is 0.821. The Hall–Kier alpha value is -2.30. The molecule has 0 bridgehead atoms. The lowest BCUT2D eigenvalue weighted by atomic mass is 10.1. The second-order valence-corrected chi connectivity index (χ2v) is 5.53. The molecular weight excluding hydrogens is 282 g/mol.